The Labute approximate surface area is 197 Å². The first-order valence-electron chi connectivity index (χ1n) is 10.9. The lowest BCUT2D eigenvalue weighted by atomic mass is 10.0. The fourth-order valence-electron chi connectivity index (χ4n) is 4.21. The number of amides is 2. The fourth-order valence-corrected chi connectivity index (χ4v) is 4.44. The number of carbonyl (C=O) groups excluding carboxylic acids is 2. The van der Waals surface area contributed by atoms with Crippen LogP contribution >= 0.6 is 11.6 Å². The van der Waals surface area contributed by atoms with Crippen LogP contribution in [0.5, 0.6) is 0 Å². The van der Waals surface area contributed by atoms with Crippen molar-refractivity contribution in [3.63, 3.8) is 0 Å². The Kier molecular flexibility index (Phi) is 5.80. The van der Waals surface area contributed by atoms with Crippen LogP contribution in [0.25, 0.3) is 22.2 Å². The number of benzene rings is 3. The largest absolute Gasteiger partial charge is 0.335 e. The van der Waals surface area contributed by atoms with Gasteiger partial charge in [0.1, 0.15) is 0 Å². The number of halogens is 1. The van der Waals surface area contributed by atoms with Crippen LogP contribution in [0, 0.1) is 0 Å². The summed E-state index contributed by atoms with van der Waals surface area (Å²) in [6.45, 7) is 1.96. The highest BCUT2D eigenvalue weighted by Gasteiger charge is 2.27. The number of fused-ring (bicyclic) bond motifs is 1. The van der Waals surface area contributed by atoms with Crippen LogP contribution in [0.3, 0.4) is 0 Å². The van der Waals surface area contributed by atoms with Gasteiger partial charge in [-0.2, -0.15) is 0 Å². The molecule has 4 aromatic rings. The number of rotatable bonds is 3. The van der Waals surface area contributed by atoms with Gasteiger partial charge in [-0.05, 0) is 30.3 Å². The van der Waals surface area contributed by atoms with E-state index >= 15 is 0 Å². The Bertz CT molecular complexity index is 1330. The number of piperazine rings is 1. The Balaban J connectivity index is 1.42. The van der Waals surface area contributed by atoms with Crippen molar-refractivity contribution in [1.29, 1.82) is 0 Å². The smallest absolute Gasteiger partial charge is 0.254 e. The summed E-state index contributed by atoms with van der Waals surface area (Å²) in [6.07, 6.45) is 0. The van der Waals surface area contributed by atoms with Gasteiger partial charge in [0.15, 0.2) is 0 Å². The van der Waals surface area contributed by atoms with Crippen molar-refractivity contribution in [2.75, 3.05) is 26.2 Å². The lowest BCUT2D eigenvalue weighted by Crippen LogP contribution is -2.50. The lowest BCUT2D eigenvalue weighted by molar-refractivity contribution is 0.0536. The number of nitrogens with zero attached hydrogens (tertiary/aromatic N) is 3. The number of carbonyl (C=O) groups is 2. The summed E-state index contributed by atoms with van der Waals surface area (Å²) >= 11 is 6.41. The number of hydrogen-bond acceptors (Lipinski definition) is 3. The quantitative estimate of drug-likeness (QED) is 0.429. The standard InChI is InChI=1S/C27H22ClN3O2/c28-23-12-6-4-11-21(23)25-18-22(20-10-5-7-13-24(20)29-25)27(33)31-16-14-30(15-17-31)26(32)19-8-2-1-3-9-19/h1-13,18H,14-17H2. The van der Waals surface area contributed by atoms with Crippen LogP contribution in [0.1, 0.15) is 20.7 Å². The predicted octanol–water partition coefficient (Wildman–Crippen LogP) is 5.15. The summed E-state index contributed by atoms with van der Waals surface area (Å²) < 4.78 is 0. The molecule has 6 heteroatoms. The van der Waals surface area contributed by atoms with Crippen LogP contribution in [-0.2, 0) is 0 Å². The van der Waals surface area contributed by atoms with Gasteiger partial charge in [-0.3, -0.25) is 9.59 Å². The van der Waals surface area contributed by atoms with Gasteiger partial charge >= 0.3 is 0 Å². The SMILES string of the molecule is O=C(c1ccccc1)N1CCN(C(=O)c2cc(-c3ccccc3Cl)nc3ccccc23)CC1. The molecule has 0 atom stereocenters. The van der Waals surface area contributed by atoms with Crippen molar-refractivity contribution in [2.24, 2.45) is 0 Å². The summed E-state index contributed by atoms with van der Waals surface area (Å²) in [5, 5.41) is 1.40. The van der Waals surface area contributed by atoms with Crippen molar-refractivity contribution in [3.8, 4) is 11.3 Å². The fraction of sp³-hybridized carbons (Fsp3) is 0.148. The van der Waals surface area contributed by atoms with Gasteiger partial charge in [0, 0.05) is 47.7 Å². The zero-order valence-corrected chi connectivity index (χ0v) is 18.7. The highest BCUT2D eigenvalue weighted by Crippen LogP contribution is 2.30. The molecule has 1 saturated heterocycles. The van der Waals surface area contributed by atoms with Gasteiger partial charge in [0.05, 0.1) is 16.8 Å². The summed E-state index contributed by atoms with van der Waals surface area (Å²) in [7, 11) is 0. The molecule has 164 valence electrons. The van der Waals surface area contributed by atoms with E-state index in [1.54, 1.807) is 4.90 Å². The van der Waals surface area contributed by atoms with Crippen molar-refractivity contribution < 1.29 is 9.59 Å². The molecule has 3 aromatic carbocycles. The minimum atomic E-state index is -0.0614. The molecule has 0 aliphatic carbocycles. The average Bonchev–Trinajstić information content (AvgIpc) is 2.88. The zero-order chi connectivity index (χ0) is 22.8. The second-order valence-electron chi connectivity index (χ2n) is 8.00. The number of para-hydroxylation sites is 1. The minimum absolute atomic E-state index is 0.00179. The van der Waals surface area contributed by atoms with Gasteiger partial charge in [0.25, 0.3) is 11.8 Å². The Hall–Kier alpha value is -3.70. The number of hydrogen-bond donors (Lipinski definition) is 0. The van der Waals surface area contributed by atoms with Gasteiger partial charge < -0.3 is 9.80 Å². The molecule has 0 saturated carbocycles. The maximum atomic E-state index is 13.6. The van der Waals surface area contributed by atoms with E-state index in [2.05, 4.69) is 0 Å². The Morgan fingerprint density at radius 1 is 0.727 bits per heavy atom. The normalized spacial score (nSPS) is 13.8. The monoisotopic (exact) mass is 455 g/mol. The van der Waals surface area contributed by atoms with Gasteiger partial charge in [-0.15, -0.1) is 0 Å². The van der Waals surface area contributed by atoms with E-state index in [0.717, 1.165) is 16.5 Å². The minimum Gasteiger partial charge on any atom is -0.335 e. The second kappa shape index (κ2) is 9.04. The molecule has 1 aromatic heterocycles. The maximum absolute atomic E-state index is 13.6. The molecule has 2 heterocycles. The first kappa shape index (κ1) is 21.2. The van der Waals surface area contributed by atoms with Crippen molar-refractivity contribution in [3.05, 3.63) is 101 Å². The van der Waals surface area contributed by atoms with Crippen molar-refractivity contribution in [1.82, 2.24) is 14.8 Å². The van der Waals surface area contributed by atoms with Gasteiger partial charge in [-0.1, -0.05) is 66.2 Å². The summed E-state index contributed by atoms with van der Waals surface area (Å²) in [5.74, 6) is -0.0632. The number of aromatic nitrogens is 1. The van der Waals surface area contributed by atoms with Gasteiger partial charge in [-0.25, -0.2) is 4.98 Å². The van der Waals surface area contributed by atoms with E-state index in [-0.39, 0.29) is 11.8 Å². The second-order valence-corrected chi connectivity index (χ2v) is 8.41. The summed E-state index contributed by atoms with van der Waals surface area (Å²) in [4.78, 5) is 34.7. The van der Waals surface area contributed by atoms with Crippen LogP contribution in [0.15, 0.2) is 84.9 Å². The first-order chi connectivity index (χ1) is 16.1. The topological polar surface area (TPSA) is 53.5 Å². The van der Waals surface area contributed by atoms with E-state index < -0.39 is 0 Å². The zero-order valence-electron chi connectivity index (χ0n) is 17.9. The van der Waals surface area contributed by atoms with Crippen molar-refractivity contribution >= 4 is 34.3 Å². The molecule has 0 radical (unpaired) electrons. The molecular formula is C27H22ClN3O2. The van der Waals surface area contributed by atoms with E-state index in [1.807, 2.05) is 89.8 Å². The Morgan fingerprint density at radius 3 is 2.06 bits per heavy atom. The summed E-state index contributed by atoms with van der Waals surface area (Å²) in [5.41, 5.74) is 3.47. The van der Waals surface area contributed by atoms with Crippen LogP contribution in [0.4, 0.5) is 0 Å². The third-order valence-electron chi connectivity index (χ3n) is 5.97. The molecule has 5 rings (SSSR count). The van der Waals surface area contributed by atoms with Gasteiger partial charge in [0.2, 0.25) is 0 Å². The molecule has 0 N–H and O–H groups in total. The molecule has 5 nitrogen and oxygen atoms in total. The summed E-state index contributed by atoms with van der Waals surface area (Å²) in [6, 6.07) is 26.2. The lowest BCUT2D eigenvalue weighted by Gasteiger charge is -2.35. The molecule has 1 aliphatic heterocycles. The van der Waals surface area contributed by atoms with E-state index in [1.165, 1.54) is 0 Å². The van der Waals surface area contributed by atoms with E-state index in [0.29, 0.717) is 48.0 Å². The van der Waals surface area contributed by atoms with Crippen LogP contribution < -0.4 is 0 Å². The third kappa shape index (κ3) is 4.20. The van der Waals surface area contributed by atoms with Crippen LogP contribution in [-0.4, -0.2) is 52.8 Å². The van der Waals surface area contributed by atoms with Crippen molar-refractivity contribution in [2.45, 2.75) is 0 Å². The maximum Gasteiger partial charge on any atom is 0.254 e. The molecule has 0 bridgehead atoms. The van der Waals surface area contributed by atoms with E-state index in [4.69, 9.17) is 16.6 Å². The number of pyridine rings is 1. The highest BCUT2D eigenvalue weighted by molar-refractivity contribution is 6.33. The molecule has 1 aliphatic rings. The third-order valence-corrected chi connectivity index (χ3v) is 6.30. The molecule has 2 amide bonds. The first-order valence-corrected chi connectivity index (χ1v) is 11.3. The predicted molar refractivity (Wildman–Crippen MR) is 130 cm³/mol. The molecule has 33 heavy (non-hydrogen) atoms. The molecular weight excluding hydrogens is 434 g/mol. The molecule has 0 unspecified atom stereocenters. The molecule has 1 fully saturated rings. The molecule has 0 spiro atoms. The van der Waals surface area contributed by atoms with E-state index in [9.17, 15) is 9.59 Å². The highest BCUT2D eigenvalue weighted by atomic mass is 35.5. The van der Waals surface area contributed by atoms with Crippen LogP contribution in [0.2, 0.25) is 5.02 Å². The Morgan fingerprint density at radius 2 is 1.33 bits per heavy atom. The average molecular weight is 456 g/mol.